The Morgan fingerprint density at radius 3 is 2.55 bits per heavy atom. The van der Waals surface area contributed by atoms with Crippen LogP contribution in [0.2, 0.25) is 0 Å². The lowest BCUT2D eigenvalue weighted by atomic mass is 9.93. The van der Waals surface area contributed by atoms with Crippen molar-refractivity contribution in [2.24, 2.45) is 0 Å². The number of aliphatic hydroxyl groups excluding tert-OH is 1. The van der Waals surface area contributed by atoms with Crippen molar-refractivity contribution < 1.29 is 19.3 Å². The van der Waals surface area contributed by atoms with Crippen molar-refractivity contribution in [2.75, 3.05) is 6.61 Å². The van der Waals surface area contributed by atoms with Crippen LogP contribution in [-0.4, -0.2) is 23.6 Å². The molecule has 0 amide bonds. The fourth-order valence-corrected chi connectivity index (χ4v) is 3.64. The molecule has 3 heterocycles. The molecule has 1 aromatic carbocycles. The second kappa shape index (κ2) is 4.81. The molecule has 0 aromatic heterocycles. The molecule has 5 rings (SSSR count). The van der Waals surface area contributed by atoms with E-state index in [1.54, 1.807) is 0 Å². The first kappa shape index (κ1) is 12.8. The van der Waals surface area contributed by atoms with E-state index in [-0.39, 0.29) is 18.8 Å². The Hall–Kier alpha value is -0.940. The predicted molar refractivity (Wildman–Crippen MR) is 71.9 cm³/mol. The molecule has 1 N–H and O–H groups in total. The minimum atomic E-state index is -0.531. The minimum Gasteiger partial charge on any atom is -0.394 e. The van der Waals surface area contributed by atoms with Crippen LogP contribution in [0.5, 0.6) is 0 Å². The normalized spacial score (nSPS) is 34.8. The summed E-state index contributed by atoms with van der Waals surface area (Å²) in [5.74, 6) is -0.531. The molecule has 1 saturated carbocycles. The molecule has 4 nitrogen and oxygen atoms in total. The lowest BCUT2D eigenvalue weighted by Crippen LogP contribution is -2.38. The van der Waals surface area contributed by atoms with Crippen molar-refractivity contribution in [3.05, 3.63) is 35.4 Å². The lowest BCUT2D eigenvalue weighted by molar-refractivity contribution is -0.295. The highest BCUT2D eigenvalue weighted by Crippen LogP contribution is 2.50. The van der Waals surface area contributed by atoms with Gasteiger partial charge in [-0.1, -0.05) is 30.7 Å². The quantitative estimate of drug-likeness (QED) is 0.857. The molecule has 2 bridgehead atoms. The van der Waals surface area contributed by atoms with Crippen molar-refractivity contribution in [2.45, 2.75) is 56.4 Å². The Kier molecular flexibility index (Phi) is 3.07. The van der Waals surface area contributed by atoms with E-state index < -0.39 is 12.1 Å². The van der Waals surface area contributed by atoms with Gasteiger partial charge in [0, 0.05) is 18.4 Å². The maximum Gasteiger partial charge on any atom is 0.188 e. The number of ether oxygens (including phenoxy) is 3. The van der Waals surface area contributed by atoms with Crippen molar-refractivity contribution >= 4 is 0 Å². The lowest BCUT2D eigenvalue weighted by Gasteiger charge is -2.36. The average molecular weight is 276 g/mol. The van der Waals surface area contributed by atoms with Gasteiger partial charge in [0.1, 0.15) is 12.2 Å². The van der Waals surface area contributed by atoms with Crippen LogP contribution in [0.1, 0.15) is 55.6 Å². The molecule has 1 aliphatic carbocycles. The molecule has 4 heteroatoms. The largest absolute Gasteiger partial charge is 0.394 e. The molecule has 2 fully saturated rings. The van der Waals surface area contributed by atoms with E-state index in [1.807, 2.05) is 18.2 Å². The first-order valence-electron chi connectivity index (χ1n) is 7.52. The Bertz CT molecular complexity index is 495. The topological polar surface area (TPSA) is 47.9 Å². The van der Waals surface area contributed by atoms with E-state index in [9.17, 15) is 5.11 Å². The number of rotatable bonds is 1. The summed E-state index contributed by atoms with van der Waals surface area (Å²) in [7, 11) is 0. The molecule has 3 aliphatic heterocycles. The molecular weight excluding hydrogens is 256 g/mol. The Morgan fingerprint density at radius 1 is 1.05 bits per heavy atom. The summed E-state index contributed by atoms with van der Waals surface area (Å²) >= 11 is 0. The van der Waals surface area contributed by atoms with Crippen LogP contribution in [0, 0.1) is 0 Å². The SMILES string of the molecule is OCC1OC2OC3(CCCCC3)OC1c1ccccc12. The molecule has 0 radical (unpaired) electrons. The maximum atomic E-state index is 9.59. The molecule has 1 saturated heterocycles. The van der Waals surface area contributed by atoms with E-state index in [2.05, 4.69) is 6.07 Å². The van der Waals surface area contributed by atoms with Crippen molar-refractivity contribution in [1.82, 2.24) is 0 Å². The van der Waals surface area contributed by atoms with Crippen LogP contribution in [0.25, 0.3) is 0 Å². The van der Waals surface area contributed by atoms with Gasteiger partial charge in [0.2, 0.25) is 0 Å². The standard InChI is InChI=1S/C16H20O4/c17-10-13-14-11-6-2-3-7-12(11)15(18-13)20-16(19-14)8-4-1-5-9-16/h2-3,6-7,13-15,17H,1,4-5,8-10H2. The molecule has 1 aromatic rings. The number of aliphatic hydroxyl groups is 1. The second-order valence-electron chi connectivity index (χ2n) is 5.95. The third kappa shape index (κ3) is 1.91. The monoisotopic (exact) mass is 276 g/mol. The summed E-state index contributed by atoms with van der Waals surface area (Å²) in [5, 5.41) is 9.59. The highest BCUT2D eigenvalue weighted by Gasteiger charge is 2.50. The number of hydrogen-bond acceptors (Lipinski definition) is 4. The van der Waals surface area contributed by atoms with Gasteiger partial charge in [-0.3, -0.25) is 0 Å². The molecule has 4 aliphatic rings. The molecular formula is C16H20O4. The zero-order valence-electron chi connectivity index (χ0n) is 11.5. The fraction of sp³-hybridized carbons (Fsp3) is 0.625. The van der Waals surface area contributed by atoms with E-state index in [4.69, 9.17) is 14.2 Å². The number of fused-ring (bicyclic) bond motifs is 1. The van der Waals surface area contributed by atoms with Gasteiger partial charge >= 0.3 is 0 Å². The van der Waals surface area contributed by atoms with Crippen LogP contribution in [0.3, 0.4) is 0 Å². The van der Waals surface area contributed by atoms with Crippen molar-refractivity contribution in [3.63, 3.8) is 0 Å². The van der Waals surface area contributed by atoms with Gasteiger partial charge in [0.15, 0.2) is 12.1 Å². The van der Waals surface area contributed by atoms with Gasteiger partial charge in [0.05, 0.1) is 6.61 Å². The van der Waals surface area contributed by atoms with E-state index in [1.165, 1.54) is 6.42 Å². The van der Waals surface area contributed by atoms with Crippen molar-refractivity contribution in [3.8, 4) is 0 Å². The van der Waals surface area contributed by atoms with Gasteiger partial charge in [0.25, 0.3) is 0 Å². The summed E-state index contributed by atoms with van der Waals surface area (Å²) in [5.41, 5.74) is 2.15. The van der Waals surface area contributed by atoms with Gasteiger partial charge in [-0.15, -0.1) is 0 Å². The van der Waals surface area contributed by atoms with Gasteiger partial charge in [-0.05, 0) is 18.4 Å². The van der Waals surface area contributed by atoms with Crippen LogP contribution < -0.4 is 0 Å². The zero-order chi connectivity index (χ0) is 13.6. The van der Waals surface area contributed by atoms with Crippen LogP contribution >= 0.6 is 0 Å². The smallest absolute Gasteiger partial charge is 0.188 e. The summed E-state index contributed by atoms with van der Waals surface area (Å²) in [6.45, 7) is -0.0467. The third-order valence-electron chi connectivity index (χ3n) is 4.65. The highest BCUT2D eigenvalue weighted by atomic mass is 16.8. The van der Waals surface area contributed by atoms with Crippen molar-refractivity contribution in [1.29, 1.82) is 0 Å². The highest BCUT2D eigenvalue weighted by molar-refractivity contribution is 5.33. The van der Waals surface area contributed by atoms with E-state index in [0.717, 1.165) is 36.8 Å². The third-order valence-corrected chi connectivity index (χ3v) is 4.65. The molecule has 3 unspecified atom stereocenters. The molecule has 108 valence electrons. The Morgan fingerprint density at radius 2 is 1.80 bits per heavy atom. The first-order valence-corrected chi connectivity index (χ1v) is 7.52. The average Bonchev–Trinajstić information content (AvgIpc) is 2.72. The van der Waals surface area contributed by atoms with Gasteiger partial charge in [-0.25, -0.2) is 0 Å². The fourth-order valence-electron chi connectivity index (χ4n) is 3.64. The first-order chi connectivity index (χ1) is 9.81. The Labute approximate surface area is 118 Å². The van der Waals surface area contributed by atoms with E-state index in [0.29, 0.717) is 0 Å². The molecule has 1 spiro atoms. The number of hydrogen-bond donors (Lipinski definition) is 1. The summed E-state index contributed by atoms with van der Waals surface area (Å²) in [6.07, 6.45) is 4.33. The molecule has 20 heavy (non-hydrogen) atoms. The van der Waals surface area contributed by atoms with Crippen LogP contribution in [0.4, 0.5) is 0 Å². The Balaban J connectivity index is 1.76. The molecule has 3 atom stereocenters. The number of benzene rings is 1. The van der Waals surface area contributed by atoms with Gasteiger partial charge in [-0.2, -0.15) is 0 Å². The maximum absolute atomic E-state index is 9.59. The summed E-state index contributed by atoms with van der Waals surface area (Å²) in [4.78, 5) is 0. The van der Waals surface area contributed by atoms with Crippen LogP contribution in [-0.2, 0) is 14.2 Å². The minimum absolute atomic E-state index is 0.0467. The summed E-state index contributed by atoms with van der Waals surface area (Å²) in [6, 6.07) is 8.09. The zero-order valence-corrected chi connectivity index (χ0v) is 11.5. The second-order valence-corrected chi connectivity index (χ2v) is 5.95. The van der Waals surface area contributed by atoms with E-state index >= 15 is 0 Å². The predicted octanol–water partition coefficient (Wildman–Crippen LogP) is 2.82. The summed E-state index contributed by atoms with van der Waals surface area (Å²) < 4.78 is 18.5. The van der Waals surface area contributed by atoms with Crippen LogP contribution in [0.15, 0.2) is 24.3 Å². The van der Waals surface area contributed by atoms with Gasteiger partial charge < -0.3 is 19.3 Å².